The minimum absolute atomic E-state index is 0.00394. The normalized spacial score (nSPS) is 16.5. The minimum Gasteiger partial charge on any atom is -0.355 e. The maximum absolute atomic E-state index is 11.1. The molecule has 0 heterocycles. The Kier molecular flexibility index (Phi) is 6.40. The summed E-state index contributed by atoms with van der Waals surface area (Å²) in [7, 11) is -3.50. The highest BCUT2D eigenvalue weighted by Gasteiger charge is 2.11. The van der Waals surface area contributed by atoms with Gasteiger partial charge in [-0.2, -0.15) is 0 Å². The molecule has 0 rings (SSSR count). The summed E-state index contributed by atoms with van der Waals surface area (Å²) in [6.07, 6.45) is 0.745. The van der Waals surface area contributed by atoms with Gasteiger partial charge in [-0.15, -0.1) is 0 Å². The number of carbonyl (C=O) groups is 2. The van der Waals surface area contributed by atoms with Gasteiger partial charge in [0.1, 0.15) is 6.29 Å². The number of nitrogens with one attached hydrogen (secondary N) is 1. The van der Waals surface area contributed by atoms with Crippen LogP contribution in [0.15, 0.2) is 0 Å². The van der Waals surface area contributed by atoms with E-state index >= 15 is 0 Å². The summed E-state index contributed by atoms with van der Waals surface area (Å²) in [6.45, 7) is 2.90. The molecule has 88 valence electrons. The number of rotatable bonds is 7. The smallest absolute Gasteiger partial charge is 0.325 e. The number of carbonyl (C=O) groups excluding carboxylic acids is 2. The van der Waals surface area contributed by atoms with Gasteiger partial charge in [0, 0.05) is 19.1 Å². The van der Waals surface area contributed by atoms with Crippen molar-refractivity contribution in [1.82, 2.24) is 5.32 Å². The zero-order valence-corrected chi connectivity index (χ0v) is 9.70. The van der Waals surface area contributed by atoms with Crippen LogP contribution in [0.5, 0.6) is 0 Å². The van der Waals surface area contributed by atoms with E-state index in [2.05, 4.69) is 9.84 Å². The number of hydrogen-bond acceptors (Lipinski definition) is 4. The van der Waals surface area contributed by atoms with Crippen LogP contribution in [-0.4, -0.2) is 36.9 Å². The SMILES string of the molecule is CC(C=O)CNC(=O)CCOP(C)(=O)O. The zero-order chi connectivity index (χ0) is 11.9. The van der Waals surface area contributed by atoms with Crippen LogP contribution in [0.2, 0.25) is 0 Å². The van der Waals surface area contributed by atoms with Crippen LogP contribution in [0.25, 0.3) is 0 Å². The van der Waals surface area contributed by atoms with Gasteiger partial charge < -0.3 is 19.5 Å². The summed E-state index contributed by atoms with van der Waals surface area (Å²) >= 11 is 0. The Labute approximate surface area is 88.5 Å². The molecule has 0 spiro atoms. The summed E-state index contributed by atoms with van der Waals surface area (Å²) < 4.78 is 15.2. The van der Waals surface area contributed by atoms with Crippen molar-refractivity contribution in [3.63, 3.8) is 0 Å². The maximum atomic E-state index is 11.1. The molecule has 0 saturated carbocycles. The van der Waals surface area contributed by atoms with Crippen LogP contribution >= 0.6 is 7.60 Å². The Bertz CT molecular complexity index is 262. The Hall–Kier alpha value is -0.710. The van der Waals surface area contributed by atoms with E-state index in [-0.39, 0.29) is 31.4 Å². The third kappa shape index (κ3) is 9.59. The number of amides is 1. The van der Waals surface area contributed by atoms with Gasteiger partial charge in [-0.3, -0.25) is 9.36 Å². The first-order chi connectivity index (χ1) is 6.85. The second-order valence-corrected chi connectivity index (χ2v) is 5.17. The van der Waals surface area contributed by atoms with Crippen molar-refractivity contribution >= 4 is 19.8 Å². The van der Waals surface area contributed by atoms with Crippen LogP contribution in [0.1, 0.15) is 13.3 Å². The summed E-state index contributed by atoms with van der Waals surface area (Å²) in [5, 5.41) is 2.50. The van der Waals surface area contributed by atoms with Crippen LogP contribution < -0.4 is 5.32 Å². The van der Waals surface area contributed by atoms with Crippen LogP contribution in [0.3, 0.4) is 0 Å². The molecule has 0 aliphatic carbocycles. The topological polar surface area (TPSA) is 92.7 Å². The van der Waals surface area contributed by atoms with E-state index in [0.29, 0.717) is 0 Å². The van der Waals surface area contributed by atoms with E-state index in [1.165, 1.54) is 0 Å². The lowest BCUT2D eigenvalue weighted by molar-refractivity contribution is -0.121. The van der Waals surface area contributed by atoms with E-state index in [0.717, 1.165) is 13.0 Å². The monoisotopic (exact) mass is 237 g/mol. The third-order valence-electron chi connectivity index (χ3n) is 1.51. The lowest BCUT2D eigenvalue weighted by atomic mass is 10.2. The van der Waals surface area contributed by atoms with Crippen LogP contribution in [0, 0.1) is 5.92 Å². The molecule has 6 nitrogen and oxygen atoms in total. The Morgan fingerprint density at radius 2 is 2.27 bits per heavy atom. The Balaban J connectivity index is 3.58. The lowest BCUT2D eigenvalue weighted by Gasteiger charge is -2.08. The third-order valence-corrected chi connectivity index (χ3v) is 2.18. The largest absolute Gasteiger partial charge is 0.355 e. The van der Waals surface area contributed by atoms with Gasteiger partial charge in [-0.1, -0.05) is 6.92 Å². The van der Waals surface area contributed by atoms with Crippen molar-refractivity contribution in [2.75, 3.05) is 19.8 Å². The predicted molar refractivity (Wildman–Crippen MR) is 54.6 cm³/mol. The van der Waals surface area contributed by atoms with Crippen LogP contribution in [0.4, 0.5) is 0 Å². The van der Waals surface area contributed by atoms with Gasteiger partial charge in [-0.05, 0) is 0 Å². The molecule has 0 bridgehead atoms. The van der Waals surface area contributed by atoms with Crippen molar-refractivity contribution in [1.29, 1.82) is 0 Å². The molecule has 0 aliphatic rings. The second kappa shape index (κ2) is 6.71. The second-order valence-electron chi connectivity index (χ2n) is 3.30. The van der Waals surface area contributed by atoms with Gasteiger partial charge in [0.25, 0.3) is 0 Å². The van der Waals surface area contributed by atoms with Crippen LogP contribution in [-0.2, 0) is 18.7 Å². The standard InChI is InChI=1S/C8H16NO5P/c1-7(6-10)5-9-8(11)3-4-14-15(2,12)13/h6-7H,3-5H2,1-2H3,(H,9,11)(H,12,13). The highest BCUT2D eigenvalue weighted by Crippen LogP contribution is 2.36. The first-order valence-corrected chi connectivity index (χ1v) is 6.54. The highest BCUT2D eigenvalue weighted by atomic mass is 31.2. The summed E-state index contributed by atoms with van der Waals surface area (Å²) in [5.74, 6) is -0.540. The molecule has 2 atom stereocenters. The fraction of sp³-hybridized carbons (Fsp3) is 0.750. The maximum Gasteiger partial charge on any atom is 0.325 e. The quantitative estimate of drug-likeness (QED) is 0.486. The Morgan fingerprint density at radius 3 is 2.73 bits per heavy atom. The minimum atomic E-state index is -3.50. The van der Waals surface area contributed by atoms with E-state index in [1.54, 1.807) is 6.92 Å². The number of hydrogen-bond donors (Lipinski definition) is 2. The number of aldehydes is 1. The fourth-order valence-corrected chi connectivity index (χ4v) is 1.15. The Morgan fingerprint density at radius 1 is 1.67 bits per heavy atom. The van der Waals surface area contributed by atoms with Crippen molar-refractivity contribution in [3.05, 3.63) is 0 Å². The van der Waals surface area contributed by atoms with E-state index in [1.807, 2.05) is 0 Å². The zero-order valence-electron chi connectivity index (χ0n) is 8.80. The van der Waals surface area contributed by atoms with E-state index in [4.69, 9.17) is 4.89 Å². The molecule has 0 aromatic carbocycles. The molecule has 2 unspecified atom stereocenters. The van der Waals surface area contributed by atoms with Gasteiger partial charge in [-0.25, -0.2) is 0 Å². The molecule has 15 heavy (non-hydrogen) atoms. The van der Waals surface area contributed by atoms with Gasteiger partial charge in [0.15, 0.2) is 0 Å². The molecule has 2 N–H and O–H groups in total. The molecule has 0 fully saturated rings. The van der Waals surface area contributed by atoms with Crippen molar-refractivity contribution in [2.45, 2.75) is 13.3 Å². The average molecular weight is 237 g/mol. The fourth-order valence-electron chi connectivity index (χ4n) is 0.719. The molecule has 0 radical (unpaired) electrons. The molecule has 0 aliphatic heterocycles. The van der Waals surface area contributed by atoms with Crippen molar-refractivity contribution in [2.24, 2.45) is 5.92 Å². The summed E-state index contributed by atoms with van der Waals surface area (Å²) in [4.78, 5) is 30.0. The average Bonchev–Trinajstić information content (AvgIpc) is 2.12. The molecule has 0 aromatic rings. The molecular formula is C8H16NO5P. The van der Waals surface area contributed by atoms with E-state index in [9.17, 15) is 14.2 Å². The van der Waals surface area contributed by atoms with Gasteiger partial charge in [0.2, 0.25) is 5.91 Å². The predicted octanol–water partition coefficient (Wildman–Crippen LogP) is 0.160. The molecule has 0 aromatic heterocycles. The molecular weight excluding hydrogens is 221 g/mol. The summed E-state index contributed by atoms with van der Waals surface area (Å²) in [6, 6.07) is 0. The molecule has 7 heteroatoms. The molecule has 1 amide bonds. The highest BCUT2D eigenvalue weighted by molar-refractivity contribution is 7.51. The molecule has 0 saturated heterocycles. The first kappa shape index (κ1) is 14.3. The van der Waals surface area contributed by atoms with E-state index < -0.39 is 7.60 Å². The van der Waals surface area contributed by atoms with Gasteiger partial charge in [0.05, 0.1) is 13.0 Å². The summed E-state index contributed by atoms with van der Waals surface area (Å²) in [5.41, 5.74) is 0. The lowest BCUT2D eigenvalue weighted by Crippen LogP contribution is -2.29. The first-order valence-electron chi connectivity index (χ1n) is 4.52. The van der Waals surface area contributed by atoms with Crippen molar-refractivity contribution in [3.8, 4) is 0 Å². The van der Waals surface area contributed by atoms with Gasteiger partial charge >= 0.3 is 7.60 Å². The van der Waals surface area contributed by atoms with Crippen molar-refractivity contribution < 1.29 is 23.6 Å².